The van der Waals surface area contributed by atoms with E-state index in [0.717, 1.165) is 12.3 Å². The third kappa shape index (κ3) is 2.81. The zero-order valence-electron chi connectivity index (χ0n) is 12.6. The van der Waals surface area contributed by atoms with Gasteiger partial charge in [0.1, 0.15) is 5.75 Å². The molecule has 24 heavy (non-hydrogen) atoms. The molecule has 0 spiro atoms. The van der Waals surface area contributed by atoms with Crippen molar-refractivity contribution < 1.29 is 17.9 Å². The standard InChI is InChI=1S/C16H13ClF3N3O/c1-24-11-4-2-3-9(5-11)14-13(7-21)23-8-10(16(18,19)20)6-12(17)15(23)22-14/h2-6,8H,7,21H2,1H3. The minimum atomic E-state index is -4.51. The number of rotatable bonds is 3. The van der Waals surface area contributed by atoms with Gasteiger partial charge in [0.05, 0.1) is 29.1 Å². The van der Waals surface area contributed by atoms with Gasteiger partial charge in [-0.3, -0.25) is 0 Å². The van der Waals surface area contributed by atoms with Gasteiger partial charge in [0.2, 0.25) is 0 Å². The van der Waals surface area contributed by atoms with E-state index >= 15 is 0 Å². The van der Waals surface area contributed by atoms with E-state index in [2.05, 4.69) is 4.98 Å². The van der Waals surface area contributed by atoms with E-state index in [1.54, 1.807) is 24.3 Å². The van der Waals surface area contributed by atoms with E-state index in [1.807, 2.05) is 0 Å². The van der Waals surface area contributed by atoms with Gasteiger partial charge in [0.25, 0.3) is 0 Å². The number of methoxy groups -OCH3 is 1. The molecule has 3 rings (SSSR count). The van der Waals surface area contributed by atoms with Crippen LogP contribution in [0.15, 0.2) is 36.5 Å². The van der Waals surface area contributed by atoms with Crippen LogP contribution in [0.2, 0.25) is 5.02 Å². The van der Waals surface area contributed by atoms with E-state index in [-0.39, 0.29) is 17.2 Å². The molecule has 3 aromatic rings. The largest absolute Gasteiger partial charge is 0.497 e. The topological polar surface area (TPSA) is 52.5 Å². The zero-order chi connectivity index (χ0) is 17.5. The number of aromatic nitrogens is 2. The highest BCUT2D eigenvalue weighted by atomic mass is 35.5. The van der Waals surface area contributed by atoms with Crippen LogP contribution in [0, 0.1) is 0 Å². The van der Waals surface area contributed by atoms with Gasteiger partial charge in [-0.15, -0.1) is 0 Å². The molecule has 0 amide bonds. The van der Waals surface area contributed by atoms with Crippen molar-refractivity contribution in [1.82, 2.24) is 9.38 Å². The molecule has 0 atom stereocenters. The summed E-state index contributed by atoms with van der Waals surface area (Å²) in [6.45, 7) is 0.00531. The van der Waals surface area contributed by atoms with Crippen LogP contribution in [0.4, 0.5) is 13.2 Å². The molecular weight excluding hydrogens is 343 g/mol. The number of ether oxygens (including phenoxy) is 1. The first kappa shape index (κ1) is 16.6. The van der Waals surface area contributed by atoms with Gasteiger partial charge in [-0.1, -0.05) is 23.7 Å². The molecular formula is C16H13ClF3N3O. The number of halogens is 4. The molecule has 0 unspecified atom stereocenters. The second-order valence-corrected chi connectivity index (χ2v) is 5.52. The van der Waals surface area contributed by atoms with Crippen LogP contribution in [-0.4, -0.2) is 16.5 Å². The van der Waals surface area contributed by atoms with Crippen molar-refractivity contribution in [2.45, 2.75) is 12.7 Å². The Morgan fingerprint density at radius 2 is 2.04 bits per heavy atom. The molecule has 0 aliphatic heterocycles. The van der Waals surface area contributed by atoms with Crippen LogP contribution < -0.4 is 10.5 Å². The summed E-state index contributed by atoms with van der Waals surface area (Å²) in [6.07, 6.45) is -3.55. The van der Waals surface area contributed by atoms with Crippen LogP contribution in [0.25, 0.3) is 16.9 Å². The van der Waals surface area contributed by atoms with Crippen LogP contribution in [-0.2, 0) is 12.7 Å². The lowest BCUT2D eigenvalue weighted by molar-refractivity contribution is -0.137. The first-order valence-corrected chi connectivity index (χ1v) is 7.35. The van der Waals surface area contributed by atoms with Crippen molar-refractivity contribution in [2.24, 2.45) is 5.73 Å². The molecule has 2 aromatic heterocycles. The predicted octanol–water partition coefficient (Wildman–Crippen LogP) is 4.14. The number of benzene rings is 1. The van der Waals surface area contributed by atoms with Gasteiger partial charge >= 0.3 is 6.18 Å². The lowest BCUT2D eigenvalue weighted by atomic mass is 10.1. The number of fused-ring (bicyclic) bond motifs is 1. The highest BCUT2D eigenvalue weighted by Gasteiger charge is 2.32. The second-order valence-electron chi connectivity index (χ2n) is 5.11. The van der Waals surface area contributed by atoms with Crippen LogP contribution in [0.3, 0.4) is 0 Å². The van der Waals surface area contributed by atoms with Gasteiger partial charge in [0.15, 0.2) is 5.65 Å². The van der Waals surface area contributed by atoms with Gasteiger partial charge in [-0.25, -0.2) is 4.98 Å². The Morgan fingerprint density at radius 3 is 2.67 bits per heavy atom. The fourth-order valence-corrected chi connectivity index (χ4v) is 2.75. The molecule has 2 heterocycles. The number of imidazole rings is 1. The van der Waals surface area contributed by atoms with E-state index in [4.69, 9.17) is 22.1 Å². The van der Waals surface area contributed by atoms with Crippen molar-refractivity contribution in [3.63, 3.8) is 0 Å². The molecule has 0 fully saturated rings. The highest BCUT2D eigenvalue weighted by molar-refractivity contribution is 6.33. The molecule has 2 N–H and O–H groups in total. The summed E-state index contributed by atoms with van der Waals surface area (Å²) >= 11 is 6.01. The highest BCUT2D eigenvalue weighted by Crippen LogP contribution is 2.35. The first-order valence-electron chi connectivity index (χ1n) is 6.97. The summed E-state index contributed by atoms with van der Waals surface area (Å²) in [7, 11) is 1.53. The van der Waals surface area contributed by atoms with Gasteiger partial charge < -0.3 is 14.9 Å². The number of nitrogens with zero attached hydrogens (tertiary/aromatic N) is 2. The summed E-state index contributed by atoms with van der Waals surface area (Å²) in [5.74, 6) is 0.606. The van der Waals surface area contributed by atoms with Crippen molar-refractivity contribution in [3.05, 3.63) is 52.8 Å². The smallest absolute Gasteiger partial charge is 0.417 e. The zero-order valence-corrected chi connectivity index (χ0v) is 13.3. The van der Waals surface area contributed by atoms with Crippen LogP contribution >= 0.6 is 11.6 Å². The van der Waals surface area contributed by atoms with Crippen molar-refractivity contribution in [2.75, 3.05) is 7.11 Å². The lowest BCUT2D eigenvalue weighted by Gasteiger charge is -2.09. The first-order chi connectivity index (χ1) is 11.3. The number of nitrogens with two attached hydrogens (primary N) is 1. The number of pyridine rings is 1. The normalized spacial score (nSPS) is 11.9. The van der Waals surface area contributed by atoms with Crippen LogP contribution in [0.5, 0.6) is 5.75 Å². The van der Waals surface area contributed by atoms with Crippen molar-refractivity contribution >= 4 is 17.2 Å². The molecule has 0 bridgehead atoms. The third-order valence-corrected chi connectivity index (χ3v) is 3.92. The Labute approximate surface area is 140 Å². The fourth-order valence-electron chi connectivity index (χ4n) is 2.50. The molecule has 126 valence electrons. The second kappa shape index (κ2) is 5.99. The average Bonchev–Trinajstić information content (AvgIpc) is 2.93. The Morgan fingerprint density at radius 1 is 1.29 bits per heavy atom. The van der Waals surface area contributed by atoms with E-state index in [0.29, 0.717) is 22.7 Å². The predicted molar refractivity (Wildman–Crippen MR) is 85.1 cm³/mol. The molecule has 0 radical (unpaired) electrons. The monoisotopic (exact) mass is 355 g/mol. The Bertz CT molecular complexity index is 905. The third-order valence-electron chi connectivity index (χ3n) is 3.64. The molecule has 1 aromatic carbocycles. The van der Waals surface area contributed by atoms with Crippen molar-refractivity contribution in [3.8, 4) is 17.0 Å². The molecule has 4 nitrogen and oxygen atoms in total. The van der Waals surface area contributed by atoms with E-state index in [1.165, 1.54) is 11.5 Å². The van der Waals surface area contributed by atoms with E-state index in [9.17, 15) is 13.2 Å². The molecule has 0 saturated heterocycles. The maximum absolute atomic E-state index is 13.0. The minimum absolute atomic E-state index is 0.00531. The quantitative estimate of drug-likeness (QED) is 0.768. The number of alkyl halides is 3. The lowest BCUT2D eigenvalue weighted by Crippen LogP contribution is -2.09. The molecule has 0 saturated carbocycles. The molecule has 0 aliphatic carbocycles. The van der Waals surface area contributed by atoms with Gasteiger partial charge in [-0.2, -0.15) is 13.2 Å². The number of hydrogen-bond donors (Lipinski definition) is 1. The fraction of sp³-hybridized carbons (Fsp3) is 0.188. The van der Waals surface area contributed by atoms with E-state index < -0.39 is 11.7 Å². The molecule has 0 aliphatic rings. The average molecular weight is 356 g/mol. The maximum Gasteiger partial charge on any atom is 0.417 e. The maximum atomic E-state index is 13.0. The Hall–Kier alpha value is -2.25. The summed E-state index contributed by atoms with van der Waals surface area (Å²) in [5.41, 5.74) is 6.72. The number of hydrogen-bond acceptors (Lipinski definition) is 3. The van der Waals surface area contributed by atoms with Crippen molar-refractivity contribution in [1.29, 1.82) is 0 Å². The Balaban J connectivity index is 2.28. The summed E-state index contributed by atoms with van der Waals surface area (Å²) in [6, 6.07) is 7.90. The minimum Gasteiger partial charge on any atom is -0.497 e. The SMILES string of the molecule is COc1cccc(-c2nc3c(Cl)cc(C(F)(F)F)cn3c2CN)c1. The van der Waals surface area contributed by atoms with Crippen LogP contribution in [0.1, 0.15) is 11.3 Å². The van der Waals surface area contributed by atoms with Gasteiger partial charge in [0, 0.05) is 18.3 Å². The summed E-state index contributed by atoms with van der Waals surface area (Å²) in [5, 5.41) is -0.0892. The van der Waals surface area contributed by atoms with Gasteiger partial charge in [-0.05, 0) is 18.2 Å². The Kier molecular flexibility index (Phi) is 4.15. The molecule has 8 heteroatoms. The summed E-state index contributed by atoms with van der Waals surface area (Å²) in [4.78, 5) is 4.38. The summed E-state index contributed by atoms with van der Waals surface area (Å²) < 4.78 is 45.5.